The summed E-state index contributed by atoms with van der Waals surface area (Å²) in [5, 5.41) is 0.468. The number of aromatic amines is 2. The summed E-state index contributed by atoms with van der Waals surface area (Å²) in [6, 6.07) is 10.4. The zero-order chi connectivity index (χ0) is 17.4. The predicted octanol–water partition coefficient (Wildman–Crippen LogP) is 3.01. The van der Waals surface area contributed by atoms with Crippen LogP contribution in [0.2, 0.25) is 0 Å². The third-order valence-corrected chi connectivity index (χ3v) is 5.10. The summed E-state index contributed by atoms with van der Waals surface area (Å²) in [6.45, 7) is 2.66. The molecule has 1 atom stereocenters. The van der Waals surface area contributed by atoms with Crippen molar-refractivity contribution >= 4 is 16.8 Å². The Labute approximate surface area is 145 Å². The van der Waals surface area contributed by atoms with Crippen molar-refractivity contribution < 1.29 is 4.79 Å². The number of hydrogen-bond donors (Lipinski definition) is 2. The monoisotopic (exact) mass is 335 g/mol. The molecule has 0 aliphatic carbocycles. The summed E-state index contributed by atoms with van der Waals surface area (Å²) in [6.07, 6.45) is 6.19. The number of aromatic nitrogens is 2. The molecule has 1 aromatic carbocycles. The molecule has 25 heavy (non-hydrogen) atoms. The van der Waals surface area contributed by atoms with Crippen molar-refractivity contribution in [3.05, 3.63) is 69.8 Å². The standard InChI is InChI=1S/C20H21N3O2/c1-13-11-22-19(24)17-16(12-21-18(13)17)20(25)23-9-5-8-15(23)10-14-6-3-2-4-7-14/h2-4,6-7,11-12,15,21H,5,8-10H2,1H3,(H,22,24). The van der Waals surface area contributed by atoms with Gasteiger partial charge in [0.05, 0.1) is 16.5 Å². The largest absolute Gasteiger partial charge is 0.360 e. The number of fused-ring (bicyclic) bond motifs is 1. The van der Waals surface area contributed by atoms with Crippen LogP contribution in [0.4, 0.5) is 0 Å². The molecule has 2 N–H and O–H groups in total. The van der Waals surface area contributed by atoms with E-state index in [1.54, 1.807) is 12.4 Å². The van der Waals surface area contributed by atoms with Crippen LogP contribution in [0.1, 0.15) is 34.3 Å². The van der Waals surface area contributed by atoms with Gasteiger partial charge in [-0.3, -0.25) is 9.59 Å². The molecule has 0 bridgehead atoms. The first-order valence-corrected chi connectivity index (χ1v) is 8.69. The van der Waals surface area contributed by atoms with Gasteiger partial charge in [0.25, 0.3) is 11.5 Å². The van der Waals surface area contributed by atoms with Crippen molar-refractivity contribution in [1.82, 2.24) is 14.9 Å². The smallest absolute Gasteiger partial charge is 0.258 e. The van der Waals surface area contributed by atoms with Gasteiger partial charge in [0, 0.05) is 25.0 Å². The molecule has 0 spiro atoms. The van der Waals surface area contributed by atoms with E-state index in [1.165, 1.54) is 5.56 Å². The molecule has 1 aliphatic rings. The Hall–Kier alpha value is -2.82. The highest BCUT2D eigenvalue weighted by Crippen LogP contribution is 2.26. The first-order chi connectivity index (χ1) is 12.1. The van der Waals surface area contributed by atoms with Crippen molar-refractivity contribution in [3.63, 3.8) is 0 Å². The number of hydrogen-bond acceptors (Lipinski definition) is 2. The summed E-state index contributed by atoms with van der Waals surface area (Å²) in [7, 11) is 0. The molecule has 1 unspecified atom stereocenters. The summed E-state index contributed by atoms with van der Waals surface area (Å²) < 4.78 is 0. The van der Waals surface area contributed by atoms with Gasteiger partial charge in [0.15, 0.2) is 0 Å². The highest BCUT2D eigenvalue weighted by molar-refractivity contribution is 6.07. The van der Waals surface area contributed by atoms with Crippen molar-refractivity contribution in [2.24, 2.45) is 0 Å². The van der Waals surface area contributed by atoms with Gasteiger partial charge in [-0.15, -0.1) is 0 Å². The van der Waals surface area contributed by atoms with Gasteiger partial charge in [-0.2, -0.15) is 0 Å². The lowest BCUT2D eigenvalue weighted by Gasteiger charge is -2.24. The second-order valence-corrected chi connectivity index (χ2v) is 6.74. The van der Waals surface area contributed by atoms with Crippen molar-refractivity contribution in [2.45, 2.75) is 32.2 Å². The number of nitrogens with one attached hydrogen (secondary N) is 2. The van der Waals surface area contributed by atoms with Crippen LogP contribution < -0.4 is 5.56 Å². The number of rotatable bonds is 3. The predicted molar refractivity (Wildman–Crippen MR) is 97.9 cm³/mol. The fourth-order valence-corrected chi connectivity index (χ4v) is 3.81. The van der Waals surface area contributed by atoms with Crippen LogP contribution in [0.25, 0.3) is 10.9 Å². The number of carbonyl (C=O) groups is 1. The van der Waals surface area contributed by atoms with Crippen LogP contribution in [-0.4, -0.2) is 33.4 Å². The molecule has 0 radical (unpaired) electrons. The van der Waals surface area contributed by atoms with Crippen molar-refractivity contribution in [2.75, 3.05) is 6.54 Å². The van der Waals surface area contributed by atoms with Crippen LogP contribution in [0.5, 0.6) is 0 Å². The summed E-state index contributed by atoms with van der Waals surface area (Å²) in [5.41, 5.74) is 3.16. The number of likely N-dealkylation sites (tertiary alicyclic amines) is 1. The molecule has 1 amide bonds. The second-order valence-electron chi connectivity index (χ2n) is 6.74. The molecule has 0 saturated carbocycles. The van der Waals surface area contributed by atoms with Gasteiger partial charge in [-0.05, 0) is 37.3 Å². The number of H-pyrrole nitrogens is 2. The Morgan fingerprint density at radius 1 is 1.20 bits per heavy atom. The zero-order valence-corrected chi connectivity index (χ0v) is 14.2. The molecule has 1 fully saturated rings. The quantitative estimate of drug-likeness (QED) is 0.772. The lowest BCUT2D eigenvalue weighted by atomic mass is 10.0. The van der Waals surface area contributed by atoms with E-state index in [0.29, 0.717) is 10.9 Å². The molecular weight excluding hydrogens is 314 g/mol. The van der Waals surface area contributed by atoms with E-state index < -0.39 is 0 Å². The molecule has 128 valence electrons. The highest BCUT2D eigenvalue weighted by atomic mass is 16.2. The third kappa shape index (κ3) is 2.76. The number of aryl methyl sites for hydroxylation is 1. The lowest BCUT2D eigenvalue weighted by molar-refractivity contribution is 0.0738. The van der Waals surface area contributed by atoms with Crippen LogP contribution in [0, 0.1) is 6.92 Å². The Balaban J connectivity index is 1.66. The van der Waals surface area contributed by atoms with Crippen LogP contribution in [0.15, 0.2) is 47.5 Å². The van der Waals surface area contributed by atoms with E-state index in [0.717, 1.165) is 36.9 Å². The summed E-state index contributed by atoms with van der Waals surface area (Å²) in [4.78, 5) is 33.1. The third-order valence-electron chi connectivity index (χ3n) is 5.10. The number of nitrogens with zero attached hydrogens (tertiary/aromatic N) is 1. The van der Waals surface area contributed by atoms with E-state index in [9.17, 15) is 9.59 Å². The minimum atomic E-state index is -0.219. The fourth-order valence-electron chi connectivity index (χ4n) is 3.81. The Morgan fingerprint density at radius 2 is 2.00 bits per heavy atom. The molecule has 3 aromatic rings. The maximum Gasteiger partial charge on any atom is 0.258 e. The average Bonchev–Trinajstić information content (AvgIpc) is 3.26. The average molecular weight is 335 g/mol. The second kappa shape index (κ2) is 6.24. The minimum Gasteiger partial charge on any atom is -0.360 e. The minimum absolute atomic E-state index is 0.0548. The maximum absolute atomic E-state index is 13.1. The number of benzene rings is 1. The van der Waals surface area contributed by atoms with Gasteiger partial charge in [-0.25, -0.2) is 0 Å². The van der Waals surface area contributed by atoms with E-state index in [1.807, 2.05) is 30.0 Å². The first kappa shape index (κ1) is 15.7. The fraction of sp³-hybridized carbons (Fsp3) is 0.300. The topological polar surface area (TPSA) is 69.0 Å². The van der Waals surface area contributed by atoms with Gasteiger partial charge in [0.1, 0.15) is 0 Å². The zero-order valence-electron chi connectivity index (χ0n) is 14.2. The van der Waals surface area contributed by atoms with Gasteiger partial charge < -0.3 is 14.9 Å². The molecular formula is C20H21N3O2. The van der Waals surface area contributed by atoms with E-state index in [-0.39, 0.29) is 17.5 Å². The number of amides is 1. The van der Waals surface area contributed by atoms with Crippen molar-refractivity contribution in [3.8, 4) is 0 Å². The normalized spacial score (nSPS) is 17.3. The van der Waals surface area contributed by atoms with Crippen LogP contribution >= 0.6 is 0 Å². The highest BCUT2D eigenvalue weighted by Gasteiger charge is 2.31. The number of pyridine rings is 1. The Kier molecular flexibility index (Phi) is 3.92. The van der Waals surface area contributed by atoms with Crippen LogP contribution in [0.3, 0.4) is 0 Å². The lowest BCUT2D eigenvalue weighted by Crippen LogP contribution is -2.37. The molecule has 5 heteroatoms. The molecule has 2 aromatic heterocycles. The number of carbonyl (C=O) groups excluding carboxylic acids is 1. The molecule has 4 rings (SSSR count). The molecule has 5 nitrogen and oxygen atoms in total. The first-order valence-electron chi connectivity index (χ1n) is 8.69. The Bertz CT molecular complexity index is 972. The van der Waals surface area contributed by atoms with Gasteiger partial charge >= 0.3 is 0 Å². The van der Waals surface area contributed by atoms with E-state index in [2.05, 4.69) is 22.1 Å². The van der Waals surface area contributed by atoms with Gasteiger partial charge in [-0.1, -0.05) is 30.3 Å². The molecule has 1 aliphatic heterocycles. The van der Waals surface area contributed by atoms with Crippen LogP contribution in [-0.2, 0) is 6.42 Å². The SMILES string of the molecule is Cc1c[nH]c(=O)c2c(C(=O)N3CCCC3Cc3ccccc3)c[nH]c12. The van der Waals surface area contributed by atoms with Crippen molar-refractivity contribution in [1.29, 1.82) is 0 Å². The summed E-state index contributed by atoms with van der Waals surface area (Å²) >= 11 is 0. The van der Waals surface area contributed by atoms with E-state index in [4.69, 9.17) is 0 Å². The Morgan fingerprint density at radius 3 is 2.80 bits per heavy atom. The summed E-state index contributed by atoms with van der Waals surface area (Å²) in [5.74, 6) is -0.0548. The van der Waals surface area contributed by atoms with E-state index >= 15 is 0 Å². The molecule has 1 saturated heterocycles. The van der Waals surface area contributed by atoms with Gasteiger partial charge in [0.2, 0.25) is 0 Å². The maximum atomic E-state index is 13.1. The molecule has 3 heterocycles.